The predicted octanol–water partition coefficient (Wildman–Crippen LogP) is 2.51. The van der Waals surface area contributed by atoms with Gasteiger partial charge in [-0.15, -0.1) is 11.3 Å². The molecule has 3 heteroatoms. The molecule has 0 radical (unpaired) electrons. The Morgan fingerprint density at radius 2 is 2.36 bits per heavy atom. The number of thiophene rings is 1. The third kappa shape index (κ3) is 1.98. The minimum Gasteiger partial charge on any atom is -0.349 e. The van der Waals surface area contributed by atoms with Gasteiger partial charge in [0, 0.05) is 10.9 Å². The van der Waals surface area contributed by atoms with Crippen LogP contribution in [-0.4, -0.2) is 11.9 Å². The van der Waals surface area contributed by atoms with Crippen LogP contribution in [-0.2, 0) is 6.42 Å². The third-order valence-electron chi connectivity index (χ3n) is 2.48. The van der Waals surface area contributed by atoms with Crippen LogP contribution in [0.15, 0.2) is 6.07 Å². The quantitative estimate of drug-likeness (QED) is 0.814. The van der Waals surface area contributed by atoms with E-state index in [1.807, 2.05) is 6.07 Å². The Balaban J connectivity index is 2.10. The van der Waals surface area contributed by atoms with Crippen molar-refractivity contribution in [2.45, 2.75) is 39.2 Å². The Bertz CT molecular complexity index is 352. The van der Waals surface area contributed by atoms with Gasteiger partial charge in [-0.05, 0) is 37.8 Å². The second kappa shape index (κ2) is 3.73. The molecule has 1 aliphatic rings. The van der Waals surface area contributed by atoms with E-state index in [9.17, 15) is 4.79 Å². The van der Waals surface area contributed by atoms with E-state index in [2.05, 4.69) is 19.2 Å². The smallest absolute Gasteiger partial charge is 0.261 e. The number of carbonyl (C=O) groups is 1. The number of hydrogen-bond acceptors (Lipinski definition) is 2. The van der Waals surface area contributed by atoms with Crippen LogP contribution in [0.2, 0.25) is 0 Å². The monoisotopic (exact) mass is 209 g/mol. The molecule has 2 nitrogen and oxygen atoms in total. The van der Waals surface area contributed by atoms with Crippen LogP contribution in [0.1, 0.15) is 39.9 Å². The Labute approximate surface area is 88.3 Å². The Morgan fingerprint density at radius 3 is 2.86 bits per heavy atom. The summed E-state index contributed by atoms with van der Waals surface area (Å²) in [4.78, 5) is 13.9. The van der Waals surface area contributed by atoms with E-state index >= 15 is 0 Å². The standard InChI is InChI=1S/C11H15NOS/c1-3-9-7(2)6-10(14-9)11(13)12-8-4-5-8/h6,8H,3-5H2,1-2H3,(H,12,13). The number of nitrogens with one attached hydrogen (secondary N) is 1. The molecule has 0 aliphatic heterocycles. The van der Waals surface area contributed by atoms with Crippen molar-refractivity contribution in [1.82, 2.24) is 5.32 Å². The molecular formula is C11H15NOS. The van der Waals surface area contributed by atoms with Gasteiger partial charge in [0.1, 0.15) is 0 Å². The summed E-state index contributed by atoms with van der Waals surface area (Å²) in [5, 5.41) is 3.01. The van der Waals surface area contributed by atoms with Crippen molar-refractivity contribution < 1.29 is 4.79 Å². The van der Waals surface area contributed by atoms with E-state index in [0.717, 1.165) is 24.1 Å². The lowest BCUT2D eigenvalue weighted by atomic mass is 10.2. The van der Waals surface area contributed by atoms with Gasteiger partial charge in [-0.3, -0.25) is 4.79 Å². The zero-order chi connectivity index (χ0) is 10.1. The van der Waals surface area contributed by atoms with Crippen LogP contribution in [0.25, 0.3) is 0 Å². The second-order valence-electron chi connectivity index (χ2n) is 3.82. The van der Waals surface area contributed by atoms with Crippen LogP contribution in [0.4, 0.5) is 0 Å². The van der Waals surface area contributed by atoms with Crippen LogP contribution in [0, 0.1) is 6.92 Å². The molecule has 0 spiro atoms. The lowest BCUT2D eigenvalue weighted by Crippen LogP contribution is -2.24. The summed E-state index contributed by atoms with van der Waals surface area (Å²) >= 11 is 1.63. The van der Waals surface area contributed by atoms with Gasteiger partial charge in [0.2, 0.25) is 0 Å². The highest BCUT2D eigenvalue weighted by Crippen LogP contribution is 2.24. The first kappa shape index (κ1) is 9.71. The lowest BCUT2D eigenvalue weighted by molar-refractivity contribution is 0.0955. The summed E-state index contributed by atoms with van der Waals surface area (Å²) in [5.74, 6) is 0.111. The van der Waals surface area contributed by atoms with Crippen LogP contribution < -0.4 is 5.32 Å². The van der Waals surface area contributed by atoms with Gasteiger partial charge in [0.25, 0.3) is 5.91 Å². The minimum atomic E-state index is 0.111. The first-order valence-corrected chi connectivity index (χ1v) is 5.92. The molecule has 2 rings (SSSR count). The summed E-state index contributed by atoms with van der Waals surface area (Å²) < 4.78 is 0. The molecule has 0 unspecified atom stereocenters. The molecule has 1 aromatic rings. The number of carbonyl (C=O) groups excluding carboxylic acids is 1. The van der Waals surface area contributed by atoms with Crippen molar-refractivity contribution in [3.8, 4) is 0 Å². The zero-order valence-corrected chi connectivity index (χ0v) is 9.41. The highest BCUT2D eigenvalue weighted by Gasteiger charge is 2.24. The van der Waals surface area contributed by atoms with E-state index in [4.69, 9.17) is 0 Å². The molecule has 1 aromatic heterocycles. The predicted molar refractivity (Wildman–Crippen MR) is 58.9 cm³/mol. The zero-order valence-electron chi connectivity index (χ0n) is 8.59. The fourth-order valence-electron chi connectivity index (χ4n) is 1.47. The van der Waals surface area contributed by atoms with Crippen molar-refractivity contribution in [1.29, 1.82) is 0 Å². The molecule has 0 bridgehead atoms. The lowest BCUT2D eigenvalue weighted by Gasteiger charge is -1.98. The largest absolute Gasteiger partial charge is 0.349 e. The molecule has 76 valence electrons. The van der Waals surface area contributed by atoms with E-state index in [1.54, 1.807) is 11.3 Å². The van der Waals surface area contributed by atoms with Gasteiger partial charge in [0.05, 0.1) is 4.88 Å². The van der Waals surface area contributed by atoms with Crippen molar-refractivity contribution in [3.63, 3.8) is 0 Å². The van der Waals surface area contributed by atoms with Crippen molar-refractivity contribution in [3.05, 3.63) is 21.4 Å². The SMILES string of the molecule is CCc1sc(C(=O)NC2CC2)cc1C. The van der Waals surface area contributed by atoms with Crippen LogP contribution in [0.3, 0.4) is 0 Å². The average Bonchev–Trinajstić information content (AvgIpc) is 2.87. The Hall–Kier alpha value is -0.830. The maximum absolute atomic E-state index is 11.7. The molecular weight excluding hydrogens is 194 g/mol. The topological polar surface area (TPSA) is 29.1 Å². The fraction of sp³-hybridized carbons (Fsp3) is 0.545. The van der Waals surface area contributed by atoms with Crippen LogP contribution in [0.5, 0.6) is 0 Å². The third-order valence-corrected chi connectivity index (χ3v) is 3.86. The molecule has 1 fully saturated rings. The number of amides is 1. The van der Waals surface area contributed by atoms with Gasteiger partial charge >= 0.3 is 0 Å². The molecule has 14 heavy (non-hydrogen) atoms. The van der Waals surface area contributed by atoms with Gasteiger partial charge in [-0.1, -0.05) is 6.92 Å². The molecule has 1 heterocycles. The molecule has 1 saturated carbocycles. The summed E-state index contributed by atoms with van der Waals surface area (Å²) in [6.07, 6.45) is 3.32. The summed E-state index contributed by atoms with van der Waals surface area (Å²) in [6.45, 7) is 4.20. The maximum atomic E-state index is 11.7. The van der Waals surface area contributed by atoms with Gasteiger partial charge in [-0.2, -0.15) is 0 Å². The van der Waals surface area contributed by atoms with Crippen molar-refractivity contribution >= 4 is 17.2 Å². The number of aryl methyl sites for hydroxylation is 2. The minimum absolute atomic E-state index is 0.111. The summed E-state index contributed by atoms with van der Waals surface area (Å²) in [6, 6.07) is 2.45. The highest BCUT2D eigenvalue weighted by molar-refractivity contribution is 7.14. The van der Waals surface area contributed by atoms with Crippen molar-refractivity contribution in [2.24, 2.45) is 0 Å². The number of hydrogen-bond donors (Lipinski definition) is 1. The maximum Gasteiger partial charge on any atom is 0.261 e. The first-order chi connectivity index (χ1) is 6.70. The normalized spacial score (nSPS) is 15.6. The summed E-state index contributed by atoms with van der Waals surface area (Å²) in [5.41, 5.74) is 1.25. The number of rotatable bonds is 3. The van der Waals surface area contributed by atoms with Gasteiger partial charge < -0.3 is 5.32 Å². The molecule has 1 N–H and O–H groups in total. The summed E-state index contributed by atoms with van der Waals surface area (Å²) in [7, 11) is 0. The Kier molecular flexibility index (Phi) is 2.59. The molecule has 0 atom stereocenters. The Morgan fingerprint density at radius 1 is 1.64 bits per heavy atom. The van der Waals surface area contributed by atoms with Gasteiger partial charge in [-0.25, -0.2) is 0 Å². The molecule has 0 aromatic carbocycles. The molecule has 1 aliphatic carbocycles. The van der Waals surface area contributed by atoms with Crippen molar-refractivity contribution in [2.75, 3.05) is 0 Å². The van der Waals surface area contributed by atoms with E-state index in [0.29, 0.717) is 6.04 Å². The first-order valence-electron chi connectivity index (χ1n) is 5.11. The molecule has 0 saturated heterocycles. The van der Waals surface area contributed by atoms with Crippen LogP contribution >= 0.6 is 11.3 Å². The van der Waals surface area contributed by atoms with E-state index in [1.165, 1.54) is 10.4 Å². The fourth-order valence-corrected chi connectivity index (χ4v) is 2.48. The highest BCUT2D eigenvalue weighted by atomic mass is 32.1. The van der Waals surface area contributed by atoms with E-state index < -0.39 is 0 Å². The van der Waals surface area contributed by atoms with Gasteiger partial charge in [0.15, 0.2) is 0 Å². The van der Waals surface area contributed by atoms with E-state index in [-0.39, 0.29) is 5.91 Å². The second-order valence-corrected chi connectivity index (χ2v) is 4.95. The average molecular weight is 209 g/mol. The molecule has 1 amide bonds.